The van der Waals surface area contributed by atoms with E-state index in [4.69, 9.17) is 0 Å². The van der Waals surface area contributed by atoms with E-state index in [1.54, 1.807) is 24.5 Å². The number of pyridine rings is 1. The van der Waals surface area contributed by atoms with Crippen LogP contribution in [0.4, 0.5) is 0 Å². The second-order valence-corrected chi connectivity index (χ2v) is 5.42. The molecule has 0 spiro atoms. The third-order valence-electron chi connectivity index (χ3n) is 3.68. The van der Waals surface area contributed by atoms with E-state index < -0.39 is 0 Å². The molecule has 4 heteroatoms. The van der Waals surface area contributed by atoms with Crippen molar-refractivity contribution < 1.29 is 4.79 Å². The molecular formula is C18H19N3O. The Kier molecular flexibility index (Phi) is 4.61. The second-order valence-electron chi connectivity index (χ2n) is 5.42. The smallest absolute Gasteiger partial charge is 0.267 e. The maximum atomic E-state index is 12.2. The molecule has 3 rings (SSSR count). The number of carbonyl (C=O) groups excluding carboxylic acids is 1. The van der Waals surface area contributed by atoms with Crippen molar-refractivity contribution in [2.45, 2.75) is 12.8 Å². The fourth-order valence-corrected chi connectivity index (χ4v) is 2.60. The molecule has 2 heterocycles. The summed E-state index contributed by atoms with van der Waals surface area (Å²) >= 11 is 0. The summed E-state index contributed by atoms with van der Waals surface area (Å²) in [6.45, 7) is 1.60. The van der Waals surface area contributed by atoms with Crippen LogP contribution >= 0.6 is 0 Å². The summed E-state index contributed by atoms with van der Waals surface area (Å²) in [5.41, 5.74) is 6.19. The van der Waals surface area contributed by atoms with Crippen molar-refractivity contribution in [1.82, 2.24) is 15.4 Å². The molecule has 0 atom stereocenters. The predicted octanol–water partition coefficient (Wildman–Crippen LogP) is 2.60. The number of carbonyl (C=O) groups is 1. The molecule has 0 fully saturated rings. The van der Waals surface area contributed by atoms with Crippen LogP contribution in [-0.4, -0.2) is 29.0 Å². The molecule has 0 bridgehead atoms. The molecule has 22 heavy (non-hydrogen) atoms. The van der Waals surface area contributed by atoms with E-state index in [1.165, 1.54) is 11.1 Å². The zero-order chi connectivity index (χ0) is 15.2. The first-order valence-corrected chi connectivity index (χ1v) is 7.49. The molecule has 4 nitrogen and oxygen atoms in total. The minimum Gasteiger partial charge on any atom is -0.284 e. The fourth-order valence-electron chi connectivity index (χ4n) is 2.60. The lowest BCUT2D eigenvalue weighted by atomic mass is 10.0. The molecule has 2 aromatic rings. The van der Waals surface area contributed by atoms with Gasteiger partial charge in [-0.3, -0.25) is 15.2 Å². The van der Waals surface area contributed by atoms with Gasteiger partial charge in [0.05, 0.1) is 5.56 Å². The summed E-state index contributed by atoms with van der Waals surface area (Å²) in [7, 11) is 0. The monoisotopic (exact) mass is 293 g/mol. The first-order chi connectivity index (χ1) is 10.8. The van der Waals surface area contributed by atoms with Crippen LogP contribution in [0.25, 0.3) is 0 Å². The molecule has 0 radical (unpaired) electrons. The van der Waals surface area contributed by atoms with Gasteiger partial charge in [-0.25, -0.2) is 5.01 Å². The van der Waals surface area contributed by atoms with Crippen molar-refractivity contribution >= 4 is 5.91 Å². The highest BCUT2D eigenvalue weighted by Crippen LogP contribution is 2.14. The van der Waals surface area contributed by atoms with Crippen molar-refractivity contribution in [2.24, 2.45) is 0 Å². The van der Waals surface area contributed by atoms with Crippen molar-refractivity contribution in [2.75, 3.05) is 13.1 Å². The van der Waals surface area contributed by atoms with Gasteiger partial charge < -0.3 is 0 Å². The number of rotatable bonds is 4. The number of nitrogens with one attached hydrogen (secondary N) is 1. The van der Waals surface area contributed by atoms with Crippen molar-refractivity contribution in [3.63, 3.8) is 0 Å². The first-order valence-electron chi connectivity index (χ1n) is 7.49. The van der Waals surface area contributed by atoms with Crippen molar-refractivity contribution in [3.8, 4) is 0 Å². The van der Waals surface area contributed by atoms with E-state index in [0.29, 0.717) is 5.56 Å². The highest BCUT2D eigenvalue weighted by molar-refractivity contribution is 5.93. The van der Waals surface area contributed by atoms with Crippen LogP contribution in [0, 0.1) is 0 Å². The maximum absolute atomic E-state index is 12.2. The van der Waals surface area contributed by atoms with E-state index in [0.717, 1.165) is 25.9 Å². The number of nitrogens with zero attached hydrogens (tertiary/aromatic N) is 2. The van der Waals surface area contributed by atoms with Gasteiger partial charge in [-0.05, 0) is 30.5 Å². The third-order valence-corrected chi connectivity index (χ3v) is 3.68. The Morgan fingerprint density at radius 3 is 2.82 bits per heavy atom. The molecule has 1 aliphatic heterocycles. The van der Waals surface area contributed by atoms with Crippen LogP contribution in [0.5, 0.6) is 0 Å². The largest absolute Gasteiger partial charge is 0.284 e. The number of hydrogen-bond donors (Lipinski definition) is 1. The van der Waals surface area contributed by atoms with Crippen LogP contribution in [0.3, 0.4) is 0 Å². The molecule has 0 aliphatic carbocycles. The summed E-state index contributed by atoms with van der Waals surface area (Å²) in [5, 5.41) is 1.98. The molecular weight excluding hydrogens is 274 g/mol. The van der Waals surface area contributed by atoms with Gasteiger partial charge in [-0.1, -0.05) is 42.0 Å². The lowest BCUT2D eigenvalue weighted by molar-refractivity contribution is 0.0798. The maximum Gasteiger partial charge on any atom is 0.267 e. The summed E-state index contributed by atoms with van der Waals surface area (Å²) in [6, 6.07) is 13.9. The molecule has 1 N–H and O–H groups in total. The lowest BCUT2D eigenvalue weighted by Crippen LogP contribution is -2.45. The van der Waals surface area contributed by atoms with Gasteiger partial charge in [-0.15, -0.1) is 0 Å². The predicted molar refractivity (Wildman–Crippen MR) is 86.1 cm³/mol. The van der Waals surface area contributed by atoms with Gasteiger partial charge in [0.15, 0.2) is 0 Å². The molecule has 112 valence electrons. The highest BCUT2D eigenvalue weighted by atomic mass is 16.2. The normalized spacial score (nSPS) is 15.2. The topological polar surface area (TPSA) is 45.2 Å². The standard InChI is InChI=1S/C18H19N3O/c22-18(17-9-4-10-19-13-17)20-21-11-5-8-16(14-21)12-15-6-2-1-3-7-15/h1-4,6-10,13H,5,11-12,14H2,(H,20,22). The molecule has 0 saturated heterocycles. The fraction of sp³-hybridized carbons (Fsp3) is 0.222. The van der Waals surface area contributed by atoms with E-state index >= 15 is 0 Å². The lowest BCUT2D eigenvalue weighted by Gasteiger charge is -2.27. The summed E-state index contributed by atoms with van der Waals surface area (Å²) in [5.74, 6) is -0.103. The zero-order valence-corrected chi connectivity index (χ0v) is 12.4. The van der Waals surface area contributed by atoms with Crippen LogP contribution < -0.4 is 5.43 Å². The summed E-state index contributed by atoms with van der Waals surface area (Å²) in [4.78, 5) is 16.1. The Morgan fingerprint density at radius 1 is 1.18 bits per heavy atom. The van der Waals surface area contributed by atoms with Gasteiger partial charge in [0.2, 0.25) is 0 Å². The number of aromatic nitrogens is 1. The van der Waals surface area contributed by atoms with Gasteiger partial charge >= 0.3 is 0 Å². The molecule has 1 aromatic heterocycles. The average molecular weight is 293 g/mol. The number of benzene rings is 1. The Hall–Kier alpha value is -2.46. The second kappa shape index (κ2) is 7.00. The number of hydrogen-bond acceptors (Lipinski definition) is 3. The minimum atomic E-state index is -0.103. The number of hydrazine groups is 1. The van der Waals surface area contributed by atoms with Crippen molar-refractivity contribution in [1.29, 1.82) is 0 Å². The summed E-state index contributed by atoms with van der Waals surface area (Å²) in [6.07, 6.45) is 7.41. The van der Waals surface area contributed by atoms with Crippen LogP contribution in [0.15, 0.2) is 66.5 Å². The third kappa shape index (κ3) is 3.80. The molecule has 1 aliphatic rings. The Morgan fingerprint density at radius 2 is 2.05 bits per heavy atom. The average Bonchev–Trinajstić information content (AvgIpc) is 2.57. The van der Waals surface area contributed by atoms with Crippen LogP contribution in [0.1, 0.15) is 22.3 Å². The Labute approximate surface area is 130 Å². The SMILES string of the molecule is O=C(NN1CCC=C(Cc2ccccc2)C1)c1cccnc1. The van der Waals surface area contributed by atoms with Crippen LogP contribution in [0.2, 0.25) is 0 Å². The van der Waals surface area contributed by atoms with Crippen molar-refractivity contribution in [3.05, 3.63) is 77.6 Å². The van der Waals surface area contributed by atoms with Gasteiger partial charge in [0.25, 0.3) is 5.91 Å². The zero-order valence-electron chi connectivity index (χ0n) is 12.4. The Balaban J connectivity index is 1.58. The summed E-state index contributed by atoms with van der Waals surface area (Å²) < 4.78 is 0. The molecule has 0 saturated carbocycles. The molecule has 1 amide bonds. The van der Waals surface area contributed by atoms with Gasteiger partial charge in [-0.2, -0.15) is 0 Å². The van der Waals surface area contributed by atoms with E-state index in [9.17, 15) is 4.79 Å². The molecule has 1 aromatic carbocycles. The first kappa shape index (κ1) is 14.5. The van der Waals surface area contributed by atoms with E-state index in [2.05, 4.69) is 40.8 Å². The van der Waals surface area contributed by atoms with Gasteiger partial charge in [0, 0.05) is 25.5 Å². The quantitative estimate of drug-likeness (QED) is 0.881. The van der Waals surface area contributed by atoms with E-state index in [-0.39, 0.29) is 5.91 Å². The number of amides is 1. The molecule has 0 unspecified atom stereocenters. The van der Waals surface area contributed by atoms with Crippen LogP contribution in [-0.2, 0) is 6.42 Å². The Bertz CT molecular complexity index is 653. The van der Waals surface area contributed by atoms with Gasteiger partial charge in [0.1, 0.15) is 0 Å². The minimum absolute atomic E-state index is 0.103. The van der Waals surface area contributed by atoms with E-state index in [1.807, 2.05) is 11.1 Å². The highest BCUT2D eigenvalue weighted by Gasteiger charge is 2.16.